The van der Waals surface area contributed by atoms with Gasteiger partial charge >= 0.3 is 0 Å². The van der Waals surface area contributed by atoms with Crippen molar-refractivity contribution in [3.63, 3.8) is 0 Å². The van der Waals surface area contributed by atoms with Gasteiger partial charge in [-0.15, -0.1) is 11.6 Å². The summed E-state index contributed by atoms with van der Waals surface area (Å²) in [6.45, 7) is 2.63. The number of hydrogen-bond donors (Lipinski definition) is 1. The minimum Gasteiger partial charge on any atom is -0.482 e. The Bertz CT molecular complexity index is 544. The summed E-state index contributed by atoms with van der Waals surface area (Å²) >= 11 is 5.98. The number of alkyl halides is 1. The molecule has 0 spiro atoms. The molecule has 0 heterocycles. The highest BCUT2D eigenvalue weighted by Crippen LogP contribution is 2.33. The van der Waals surface area contributed by atoms with Crippen molar-refractivity contribution in [2.45, 2.75) is 24.8 Å². The number of para-hydroxylation sites is 1. The maximum absolute atomic E-state index is 6.29. The zero-order chi connectivity index (χ0) is 14.4. The van der Waals surface area contributed by atoms with Crippen molar-refractivity contribution in [1.82, 2.24) is 0 Å². The molecular weight excluding hydrogens is 270 g/mol. The molecule has 0 aromatic heterocycles. The highest BCUT2D eigenvalue weighted by Gasteiger charge is 2.28. The fourth-order valence-electron chi connectivity index (χ4n) is 2.28. The Morgan fingerprint density at radius 1 is 1.05 bits per heavy atom. The molecule has 2 rings (SSSR count). The van der Waals surface area contributed by atoms with Crippen molar-refractivity contribution >= 4 is 11.6 Å². The predicted octanol–water partition coefficient (Wildman–Crippen LogP) is 4.07. The van der Waals surface area contributed by atoms with E-state index in [1.165, 1.54) is 0 Å². The van der Waals surface area contributed by atoms with Gasteiger partial charge in [-0.1, -0.05) is 48.5 Å². The second-order valence-corrected chi connectivity index (χ2v) is 5.25. The van der Waals surface area contributed by atoms with Gasteiger partial charge in [0.2, 0.25) is 0 Å². The zero-order valence-corrected chi connectivity index (χ0v) is 12.4. The Labute approximate surface area is 125 Å². The summed E-state index contributed by atoms with van der Waals surface area (Å²) in [5, 5.41) is 0. The normalized spacial score (nSPS) is 13.8. The Morgan fingerprint density at radius 2 is 1.70 bits per heavy atom. The van der Waals surface area contributed by atoms with E-state index in [9.17, 15) is 0 Å². The van der Waals surface area contributed by atoms with E-state index in [1.54, 1.807) is 0 Å². The largest absolute Gasteiger partial charge is 0.482 e. The van der Waals surface area contributed by atoms with Crippen LogP contribution in [0.15, 0.2) is 54.6 Å². The zero-order valence-electron chi connectivity index (χ0n) is 11.7. The second kappa shape index (κ2) is 6.78. The fraction of sp³-hybridized carbons (Fsp3) is 0.294. The molecule has 0 aliphatic rings. The van der Waals surface area contributed by atoms with Gasteiger partial charge in [-0.2, -0.15) is 0 Å². The third kappa shape index (κ3) is 3.33. The summed E-state index contributed by atoms with van der Waals surface area (Å²) in [7, 11) is 0. The van der Waals surface area contributed by atoms with Crippen molar-refractivity contribution in [2.24, 2.45) is 5.73 Å². The molecule has 0 bridgehead atoms. The predicted molar refractivity (Wildman–Crippen MR) is 84.1 cm³/mol. The molecule has 106 valence electrons. The lowest BCUT2D eigenvalue weighted by atomic mass is 9.92. The van der Waals surface area contributed by atoms with E-state index >= 15 is 0 Å². The number of benzene rings is 2. The minimum absolute atomic E-state index is 0.434. The maximum atomic E-state index is 6.29. The van der Waals surface area contributed by atoms with E-state index in [-0.39, 0.29) is 0 Å². The summed E-state index contributed by atoms with van der Waals surface area (Å²) in [6.07, 6.45) is 0.744. The molecule has 0 aliphatic carbocycles. The number of halogens is 1. The van der Waals surface area contributed by atoms with Crippen LogP contribution >= 0.6 is 11.6 Å². The van der Waals surface area contributed by atoms with Crippen molar-refractivity contribution in [1.29, 1.82) is 0 Å². The van der Waals surface area contributed by atoms with Gasteiger partial charge in [0.1, 0.15) is 11.4 Å². The third-order valence-corrected chi connectivity index (χ3v) is 3.75. The highest BCUT2D eigenvalue weighted by atomic mass is 35.5. The van der Waals surface area contributed by atoms with Gasteiger partial charge < -0.3 is 10.5 Å². The molecule has 0 amide bonds. The molecule has 0 radical (unpaired) electrons. The van der Waals surface area contributed by atoms with Gasteiger partial charge in [-0.25, -0.2) is 0 Å². The summed E-state index contributed by atoms with van der Waals surface area (Å²) in [5.74, 6) is 1.26. The van der Waals surface area contributed by atoms with Crippen LogP contribution in [-0.2, 0) is 11.5 Å². The van der Waals surface area contributed by atoms with E-state index in [2.05, 4.69) is 19.1 Å². The van der Waals surface area contributed by atoms with Gasteiger partial charge in [-0.05, 0) is 25.1 Å². The van der Waals surface area contributed by atoms with Crippen molar-refractivity contribution in [3.8, 4) is 5.75 Å². The molecule has 2 nitrogen and oxygen atoms in total. The molecule has 0 saturated carbocycles. The third-order valence-electron chi connectivity index (χ3n) is 3.46. The van der Waals surface area contributed by atoms with Gasteiger partial charge in [0, 0.05) is 12.0 Å². The monoisotopic (exact) mass is 289 g/mol. The molecule has 20 heavy (non-hydrogen) atoms. The first-order chi connectivity index (χ1) is 9.69. The van der Waals surface area contributed by atoms with E-state index < -0.39 is 5.60 Å². The molecule has 0 aliphatic heterocycles. The quantitative estimate of drug-likeness (QED) is 0.814. The molecule has 1 unspecified atom stereocenters. The SMILES string of the molecule is CC(CCN)(Oc1ccccc1CCl)c1ccccc1. The Kier molecular flexibility index (Phi) is 5.05. The van der Waals surface area contributed by atoms with Crippen LogP contribution in [0.2, 0.25) is 0 Å². The van der Waals surface area contributed by atoms with Crippen molar-refractivity contribution < 1.29 is 4.74 Å². The van der Waals surface area contributed by atoms with E-state index in [0.29, 0.717) is 12.4 Å². The number of nitrogens with two attached hydrogens (primary N) is 1. The Hall–Kier alpha value is -1.51. The van der Waals surface area contributed by atoms with Gasteiger partial charge in [0.25, 0.3) is 0 Å². The number of ether oxygens (including phenoxy) is 1. The average Bonchev–Trinajstić information content (AvgIpc) is 2.49. The van der Waals surface area contributed by atoms with Crippen LogP contribution in [0.4, 0.5) is 0 Å². The minimum atomic E-state index is -0.446. The van der Waals surface area contributed by atoms with Crippen LogP contribution in [0.1, 0.15) is 24.5 Å². The molecule has 1 atom stereocenters. The van der Waals surface area contributed by atoms with Crippen molar-refractivity contribution in [2.75, 3.05) is 6.54 Å². The lowest BCUT2D eigenvalue weighted by molar-refractivity contribution is 0.0787. The van der Waals surface area contributed by atoms with Crippen LogP contribution < -0.4 is 10.5 Å². The van der Waals surface area contributed by atoms with E-state index in [1.807, 2.05) is 42.5 Å². The number of hydrogen-bond acceptors (Lipinski definition) is 2. The first-order valence-corrected chi connectivity index (χ1v) is 7.31. The molecule has 0 saturated heterocycles. The fourth-order valence-corrected chi connectivity index (χ4v) is 2.50. The first kappa shape index (κ1) is 14.9. The second-order valence-electron chi connectivity index (χ2n) is 4.98. The first-order valence-electron chi connectivity index (χ1n) is 6.78. The Balaban J connectivity index is 2.34. The Morgan fingerprint density at radius 3 is 2.35 bits per heavy atom. The number of rotatable bonds is 6. The highest BCUT2D eigenvalue weighted by molar-refractivity contribution is 6.17. The summed E-state index contributed by atoms with van der Waals surface area (Å²) in [4.78, 5) is 0. The molecule has 2 aromatic rings. The van der Waals surface area contributed by atoms with Gasteiger partial charge in [0.05, 0.1) is 5.88 Å². The summed E-state index contributed by atoms with van der Waals surface area (Å²) in [5.41, 5.74) is 7.44. The standard InChI is InChI=1S/C17H20ClNO/c1-17(11-12-19,15-8-3-2-4-9-15)20-16-10-6-5-7-14(16)13-18/h2-10H,11-13,19H2,1H3. The molecule has 3 heteroatoms. The van der Waals surface area contributed by atoms with Gasteiger partial charge in [0.15, 0.2) is 0 Å². The topological polar surface area (TPSA) is 35.2 Å². The van der Waals surface area contributed by atoms with Gasteiger partial charge in [-0.3, -0.25) is 0 Å². The lowest BCUT2D eigenvalue weighted by Crippen LogP contribution is -2.32. The van der Waals surface area contributed by atoms with Crippen LogP contribution in [0.25, 0.3) is 0 Å². The molecule has 0 fully saturated rings. The van der Waals surface area contributed by atoms with Crippen LogP contribution in [0.3, 0.4) is 0 Å². The maximum Gasteiger partial charge on any atom is 0.132 e. The van der Waals surface area contributed by atoms with E-state index in [0.717, 1.165) is 23.3 Å². The molecular formula is C17H20ClNO. The lowest BCUT2D eigenvalue weighted by Gasteiger charge is -2.32. The van der Waals surface area contributed by atoms with Crippen molar-refractivity contribution in [3.05, 3.63) is 65.7 Å². The smallest absolute Gasteiger partial charge is 0.132 e. The summed E-state index contributed by atoms with van der Waals surface area (Å²) < 4.78 is 6.29. The summed E-state index contributed by atoms with van der Waals surface area (Å²) in [6, 6.07) is 18.0. The van der Waals surface area contributed by atoms with Crippen LogP contribution in [-0.4, -0.2) is 6.54 Å². The van der Waals surface area contributed by atoms with Crippen LogP contribution in [0.5, 0.6) is 5.75 Å². The molecule has 2 N–H and O–H groups in total. The average molecular weight is 290 g/mol. The van der Waals surface area contributed by atoms with Crippen LogP contribution in [0, 0.1) is 0 Å². The molecule has 2 aromatic carbocycles. The van der Waals surface area contributed by atoms with E-state index in [4.69, 9.17) is 22.1 Å².